The Labute approximate surface area is 155 Å². The van der Waals surface area contributed by atoms with Crippen molar-refractivity contribution in [1.82, 2.24) is 15.1 Å². The largest absolute Gasteiger partial charge is 0.465 e. The lowest BCUT2D eigenvalue weighted by molar-refractivity contribution is -0.136. The second kappa shape index (κ2) is 8.25. The first-order chi connectivity index (χ1) is 12.4. The van der Waals surface area contributed by atoms with E-state index in [0.29, 0.717) is 25.4 Å². The minimum absolute atomic E-state index is 0.0239. The van der Waals surface area contributed by atoms with Gasteiger partial charge in [0.25, 0.3) is 0 Å². The highest BCUT2D eigenvalue weighted by Crippen LogP contribution is 2.21. The monoisotopic (exact) mass is 361 g/mol. The molecule has 2 aliphatic heterocycles. The molecule has 0 aromatic carbocycles. The number of nitrogens with one attached hydrogen (secondary N) is 1. The predicted octanol–water partition coefficient (Wildman–Crippen LogP) is 2.24. The summed E-state index contributed by atoms with van der Waals surface area (Å²) in [4.78, 5) is 28.2. The molecule has 26 heavy (non-hydrogen) atoms. The highest BCUT2D eigenvalue weighted by Gasteiger charge is 2.30. The summed E-state index contributed by atoms with van der Waals surface area (Å²) in [5, 5.41) is 3.06. The Balaban J connectivity index is 1.38. The predicted molar refractivity (Wildman–Crippen MR) is 99.6 cm³/mol. The summed E-state index contributed by atoms with van der Waals surface area (Å²) in [6.45, 7) is 10.2. The fraction of sp³-hybridized carbons (Fsp3) is 0.700. The van der Waals surface area contributed by atoms with E-state index in [2.05, 4.69) is 23.2 Å². The van der Waals surface area contributed by atoms with Crippen molar-refractivity contribution >= 4 is 11.8 Å². The molecule has 2 fully saturated rings. The van der Waals surface area contributed by atoms with Crippen LogP contribution in [0.1, 0.15) is 49.7 Å². The molecule has 2 aliphatic rings. The van der Waals surface area contributed by atoms with Crippen molar-refractivity contribution in [1.29, 1.82) is 0 Å². The van der Waals surface area contributed by atoms with E-state index in [4.69, 9.17) is 4.42 Å². The minimum atomic E-state index is -0.351. The number of hydrogen-bond donors (Lipinski definition) is 1. The molecule has 1 aromatic heterocycles. The molecular weight excluding hydrogens is 330 g/mol. The number of amides is 2. The summed E-state index contributed by atoms with van der Waals surface area (Å²) in [7, 11) is 0. The highest BCUT2D eigenvalue weighted by atomic mass is 16.3. The number of carbonyl (C=O) groups is 2. The molecule has 0 bridgehead atoms. The number of piperidine rings is 1. The topological polar surface area (TPSA) is 65.8 Å². The Morgan fingerprint density at radius 3 is 2.62 bits per heavy atom. The summed E-state index contributed by atoms with van der Waals surface area (Å²) in [5.41, 5.74) is 1.21. The molecule has 0 saturated carbocycles. The quantitative estimate of drug-likeness (QED) is 0.844. The zero-order chi connectivity index (χ0) is 18.7. The number of furan rings is 1. The lowest BCUT2D eigenvalue weighted by Crippen LogP contribution is -2.47. The third-order valence-corrected chi connectivity index (χ3v) is 5.83. The van der Waals surface area contributed by atoms with Gasteiger partial charge in [0.05, 0.1) is 6.54 Å². The van der Waals surface area contributed by atoms with Gasteiger partial charge in [-0.1, -0.05) is 0 Å². The van der Waals surface area contributed by atoms with Gasteiger partial charge in [0.15, 0.2) is 0 Å². The maximum Gasteiger partial charge on any atom is 0.242 e. The molecular formula is C20H31N3O3. The van der Waals surface area contributed by atoms with Gasteiger partial charge < -0.3 is 14.6 Å². The van der Waals surface area contributed by atoms with Gasteiger partial charge in [-0.2, -0.15) is 0 Å². The van der Waals surface area contributed by atoms with Crippen LogP contribution in [-0.4, -0.2) is 53.8 Å². The first kappa shape index (κ1) is 19.0. The third-order valence-electron chi connectivity index (χ3n) is 5.83. The molecule has 1 unspecified atom stereocenters. The summed E-state index contributed by atoms with van der Waals surface area (Å²) in [6.07, 6.45) is 3.60. The molecule has 0 spiro atoms. The van der Waals surface area contributed by atoms with Gasteiger partial charge in [-0.25, -0.2) is 0 Å². The second-order valence-electron chi connectivity index (χ2n) is 7.78. The molecule has 3 heterocycles. The number of nitrogens with zero attached hydrogens (tertiary/aromatic N) is 2. The fourth-order valence-electron chi connectivity index (χ4n) is 3.91. The Morgan fingerprint density at radius 2 is 2.04 bits per heavy atom. The lowest BCUT2D eigenvalue weighted by atomic mass is 9.96. The minimum Gasteiger partial charge on any atom is -0.465 e. The van der Waals surface area contributed by atoms with Crippen molar-refractivity contribution in [2.75, 3.05) is 26.2 Å². The molecule has 1 aromatic rings. The number of rotatable bonds is 6. The SMILES string of the molecule is Cc1cc(CN2CCC(CNC(=O)C(C)N3CCCC3=O)CC2)oc1C. The van der Waals surface area contributed by atoms with E-state index in [-0.39, 0.29) is 17.9 Å². The molecule has 0 aliphatic carbocycles. The van der Waals surface area contributed by atoms with E-state index in [1.807, 2.05) is 13.8 Å². The van der Waals surface area contributed by atoms with Crippen LogP contribution in [0.2, 0.25) is 0 Å². The van der Waals surface area contributed by atoms with Gasteiger partial charge in [0.2, 0.25) is 11.8 Å². The molecule has 6 nitrogen and oxygen atoms in total. The maximum atomic E-state index is 12.3. The van der Waals surface area contributed by atoms with Gasteiger partial charge in [0.1, 0.15) is 17.6 Å². The van der Waals surface area contributed by atoms with Crippen LogP contribution in [0, 0.1) is 19.8 Å². The van der Waals surface area contributed by atoms with Crippen LogP contribution >= 0.6 is 0 Å². The van der Waals surface area contributed by atoms with Crippen molar-refractivity contribution in [2.24, 2.45) is 5.92 Å². The van der Waals surface area contributed by atoms with Crippen molar-refractivity contribution in [3.05, 3.63) is 23.2 Å². The third kappa shape index (κ3) is 4.47. The van der Waals surface area contributed by atoms with Crippen LogP contribution < -0.4 is 5.32 Å². The van der Waals surface area contributed by atoms with E-state index in [0.717, 1.165) is 50.4 Å². The van der Waals surface area contributed by atoms with Crippen LogP contribution in [0.25, 0.3) is 0 Å². The molecule has 1 N–H and O–H groups in total. The fourth-order valence-corrected chi connectivity index (χ4v) is 3.91. The Kier molecular flexibility index (Phi) is 6.01. The van der Waals surface area contributed by atoms with E-state index in [1.165, 1.54) is 5.56 Å². The van der Waals surface area contributed by atoms with E-state index in [1.54, 1.807) is 4.90 Å². The molecule has 1 atom stereocenters. The zero-order valence-electron chi connectivity index (χ0n) is 16.2. The molecule has 0 radical (unpaired) electrons. The van der Waals surface area contributed by atoms with Crippen molar-refractivity contribution in [3.63, 3.8) is 0 Å². The van der Waals surface area contributed by atoms with Gasteiger partial charge in [-0.05, 0) is 70.7 Å². The summed E-state index contributed by atoms with van der Waals surface area (Å²) in [6, 6.07) is 1.78. The van der Waals surface area contributed by atoms with E-state index < -0.39 is 0 Å². The average Bonchev–Trinajstić information content (AvgIpc) is 3.18. The van der Waals surface area contributed by atoms with Crippen LogP contribution in [0.3, 0.4) is 0 Å². The van der Waals surface area contributed by atoms with E-state index in [9.17, 15) is 9.59 Å². The van der Waals surface area contributed by atoms with Gasteiger partial charge in [-0.15, -0.1) is 0 Å². The molecule has 3 rings (SSSR count). The van der Waals surface area contributed by atoms with Gasteiger partial charge in [0, 0.05) is 19.5 Å². The van der Waals surface area contributed by atoms with Crippen LogP contribution in [-0.2, 0) is 16.1 Å². The summed E-state index contributed by atoms with van der Waals surface area (Å²) >= 11 is 0. The van der Waals surface area contributed by atoms with Gasteiger partial charge in [-0.3, -0.25) is 14.5 Å². The van der Waals surface area contributed by atoms with E-state index >= 15 is 0 Å². The lowest BCUT2D eigenvalue weighted by Gasteiger charge is -2.32. The van der Waals surface area contributed by atoms with Crippen molar-refractivity contribution < 1.29 is 14.0 Å². The average molecular weight is 361 g/mol. The van der Waals surface area contributed by atoms with Crippen molar-refractivity contribution in [3.8, 4) is 0 Å². The van der Waals surface area contributed by atoms with Crippen LogP contribution in [0.5, 0.6) is 0 Å². The van der Waals surface area contributed by atoms with Gasteiger partial charge >= 0.3 is 0 Å². The summed E-state index contributed by atoms with van der Waals surface area (Å²) in [5.74, 6) is 2.63. The smallest absolute Gasteiger partial charge is 0.242 e. The van der Waals surface area contributed by atoms with Crippen molar-refractivity contribution in [2.45, 2.75) is 59.0 Å². The zero-order valence-corrected chi connectivity index (χ0v) is 16.2. The normalized spacial score (nSPS) is 20.6. The molecule has 2 saturated heterocycles. The number of aryl methyl sites for hydroxylation is 2. The van der Waals surface area contributed by atoms with Crippen LogP contribution in [0.4, 0.5) is 0 Å². The Morgan fingerprint density at radius 1 is 1.31 bits per heavy atom. The first-order valence-electron chi connectivity index (χ1n) is 9.79. The number of likely N-dealkylation sites (tertiary alicyclic amines) is 2. The molecule has 2 amide bonds. The Hall–Kier alpha value is -1.82. The number of hydrogen-bond acceptors (Lipinski definition) is 4. The molecule has 6 heteroatoms. The first-order valence-corrected chi connectivity index (χ1v) is 9.79. The second-order valence-corrected chi connectivity index (χ2v) is 7.78. The highest BCUT2D eigenvalue weighted by molar-refractivity contribution is 5.88. The maximum absolute atomic E-state index is 12.3. The number of carbonyl (C=O) groups excluding carboxylic acids is 2. The standard InChI is InChI=1S/C20H31N3O3/c1-14-11-18(26-16(14)3)13-22-9-6-17(7-10-22)12-21-20(25)15(2)23-8-4-5-19(23)24/h11,15,17H,4-10,12-13H2,1-3H3,(H,21,25). The van der Waals surface area contributed by atoms with Crippen LogP contribution in [0.15, 0.2) is 10.5 Å². The Bertz CT molecular complexity index is 627. The molecule has 144 valence electrons. The summed E-state index contributed by atoms with van der Waals surface area (Å²) < 4.78 is 5.78.